The second kappa shape index (κ2) is 6.70. The van der Waals surface area contributed by atoms with Crippen LogP contribution in [0.2, 0.25) is 0 Å². The zero-order chi connectivity index (χ0) is 16.4. The predicted molar refractivity (Wildman–Crippen MR) is 86.7 cm³/mol. The van der Waals surface area contributed by atoms with Crippen LogP contribution in [0.3, 0.4) is 0 Å². The standard InChI is InChI=1S/C14H22BrN3O3/c1-9(6-16-14(3,4)5)7-17-8-11(18(20)21)10(2)12(15)13(17)19/h8-9,16H,6-7H2,1-5H3. The third-order valence-electron chi connectivity index (χ3n) is 3.13. The summed E-state index contributed by atoms with van der Waals surface area (Å²) >= 11 is 3.16. The Morgan fingerprint density at radius 2 is 2.05 bits per heavy atom. The van der Waals surface area contributed by atoms with E-state index in [1.165, 1.54) is 10.8 Å². The van der Waals surface area contributed by atoms with Gasteiger partial charge in [-0.3, -0.25) is 14.9 Å². The fourth-order valence-corrected chi connectivity index (χ4v) is 2.33. The van der Waals surface area contributed by atoms with Gasteiger partial charge < -0.3 is 9.88 Å². The van der Waals surface area contributed by atoms with Crippen LogP contribution in [-0.4, -0.2) is 21.6 Å². The zero-order valence-electron chi connectivity index (χ0n) is 13.1. The summed E-state index contributed by atoms with van der Waals surface area (Å²) in [6.45, 7) is 10.9. The number of nitro groups is 1. The Balaban J connectivity index is 2.98. The minimum absolute atomic E-state index is 0.000915. The highest BCUT2D eigenvalue weighted by Crippen LogP contribution is 2.22. The summed E-state index contributed by atoms with van der Waals surface area (Å²) in [4.78, 5) is 22.7. The summed E-state index contributed by atoms with van der Waals surface area (Å²) in [5, 5.41) is 14.4. The van der Waals surface area contributed by atoms with Crippen molar-refractivity contribution in [3.05, 3.63) is 36.7 Å². The molecule has 0 saturated heterocycles. The lowest BCUT2D eigenvalue weighted by atomic mass is 10.1. The molecule has 6 nitrogen and oxygen atoms in total. The average molecular weight is 360 g/mol. The minimum Gasteiger partial charge on any atom is -0.312 e. The smallest absolute Gasteiger partial charge is 0.289 e. The first-order valence-electron chi connectivity index (χ1n) is 6.82. The lowest BCUT2D eigenvalue weighted by molar-refractivity contribution is -0.386. The van der Waals surface area contributed by atoms with Crippen molar-refractivity contribution in [2.24, 2.45) is 5.92 Å². The third kappa shape index (κ3) is 4.93. The van der Waals surface area contributed by atoms with Crippen LogP contribution < -0.4 is 10.9 Å². The third-order valence-corrected chi connectivity index (χ3v) is 4.06. The predicted octanol–water partition coefficient (Wildman–Crippen LogP) is 2.85. The van der Waals surface area contributed by atoms with Crippen LogP contribution in [0.15, 0.2) is 15.5 Å². The number of halogens is 1. The Morgan fingerprint density at radius 3 is 2.52 bits per heavy atom. The Morgan fingerprint density at radius 1 is 1.48 bits per heavy atom. The zero-order valence-corrected chi connectivity index (χ0v) is 14.7. The fraction of sp³-hybridized carbons (Fsp3) is 0.643. The summed E-state index contributed by atoms with van der Waals surface area (Å²) in [7, 11) is 0. The molecular formula is C14H22BrN3O3. The molecule has 0 radical (unpaired) electrons. The summed E-state index contributed by atoms with van der Waals surface area (Å²) in [6.07, 6.45) is 1.33. The van der Waals surface area contributed by atoms with E-state index in [0.717, 1.165) is 6.54 Å². The van der Waals surface area contributed by atoms with E-state index in [-0.39, 0.29) is 27.2 Å². The molecule has 0 saturated carbocycles. The molecule has 0 bridgehead atoms. The maximum absolute atomic E-state index is 12.2. The number of nitrogens with zero attached hydrogens (tertiary/aromatic N) is 2. The molecule has 1 heterocycles. The van der Waals surface area contributed by atoms with Gasteiger partial charge in [-0.1, -0.05) is 6.92 Å². The lowest BCUT2D eigenvalue weighted by Crippen LogP contribution is -2.40. The maximum Gasteiger partial charge on any atom is 0.289 e. The molecule has 1 unspecified atom stereocenters. The highest BCUT2D eigenvalue weighted by molar-refractivity contribution is 9.10. The van der Waals surface area contributed by atoms with Crippen LogP contribution in [0.5, 0.6) is 0 Å². The normalized spacial score (nSPS) is 13.2. The minimum atomic E-state index is -0.464. The van der Waals surface area contributed by atoms with Gasteiger partial charge in [-0.05, 0) is 56.1 Å². The molecule has 0 aliphatic carbocycles. The number of rotatable bonds is 5. The number of hydrogen-bond donors (Lipinski definition) is 1. The molecule has 118 valence electrons. The van der Waals surface area contributed by atoms with Gasteiger partial charge in [0.15, 0.2) is 0 Å². The fourth-order valence-electron chi connectivity index (χ4n) is 1.90. The Bertz CT molecular complexity index is 590. The van der Waals surface area contributed by atoms with Crippen molar-refractivity contribution in [3.63, 3.8) is 0 Å². The van der Waals surface area contributed by atoms with Crippen molar-refractivity contribution in [3.8, 4) is 0 Å². The number of aromatic nitrogens is 1. The SMILES string of the molecule is Cc1c([N+](=O)[O-])cn(CC(C)CNC(C)(C)C)c(=O)c1Br. The van der Waals surface area contributed by atoms with Gasteiger partial charge in [-0.2, -0.15) is 0 Å². The van der Waals surface area contributed by atoms with Crippen LogP contribution in [0, 0.1) is 23.0 Å². The van der Waals surface area contributed by atoms with Crippen LogP contribution in [0.4, 0.5) is 5.69 Å². The maximum atomic E-state index is 12.2. The van der Waals surface area contributed by atoms with Gasteiger partial charge in [0.25, 0.3) is 11.2 Å². The van der Waals surface area contributed by atoms with E-state index in [0.29, 0.717) is 12.1 Å². The summed E-state index contributed by atoms with van der Waals surface area (Å²) in [5.41, 5.74) is 0.0823. The Hall–Kier alpha value is -1.21. The van der Waals surface area contributed by atoms with Crippen molar-refractivity contribution < 1.29 is 4.92 Å². The molecule has 0 fully saturated rings. The Labute approximate surface area is 132 Å². The van der Waals surface area contributed by atoms with Crippen LogP contribution in [0.1, 0.15) is 33.3 Å². The molecule has 0 aromatic carbocycles. The van der Waals surface area contributed by atoms with Gasteiger partial charge in [-0.15, -0.1) is 0 Å². The molecule has 0 aliphatic rings. The highest BCUT2D eigenvalue weighted by atomic mass is 79.9. The van der Waals surface area contributed by atoms with Gasteiger partial charge in [0.05, 0.1) is 15.6 Å². The molecule has 1 N–H and O–H groups in total. The van der Waals surface area contributed by atoms with Crippen LogP contribution >= 0.6 is 15.9 Å². The van der Waals surface area contributed by atoms with Gasteiger partial charge in [0, 0.05) is 17.6 Å². The first-order valence-corrected chi connectivity index (χ1v) is 7.61. The monoisotopic (exact) mass is 359 g/mol. The molecule has 0 amide bonds. The van der Waals surface area contributed by atoms with E-state index in [2.05, 4.69) is 42.0 Å². The molecular weight excluding hydrogens is 338 g/mol. The van der Waals surface area contributed by atoms with Crippen molar-refractivity contribution >= 4 is 21.6 Å². The molecule has 1 atom stereocenters. The van der Waals surface area contributed by atoms with E-state index < -0.39 is 4.92 Å². The molecule has 1 aromatic rings. The van der Waals surface area contributed by atoms with Crippen molar-refractivity contribution in [2.45, 2.75) is 46.7 Å². The number of nitrogens with one attached hydrogen (secondary N) is 1. The largest absolute Gasteiger partial charge is 0.312 e. The number of hydrogen-bond acceptors (Lipinski definition) is 4. The second-order valence-corrected chi connectivity index (χ2v) is 7.20. The Kier molecular flexibility index (Phi) is 5.69. The van der Waals surface area contributed by atoms with E-state index >= 15 is 0 Å². The van der Waals surface area contributed by atoms with Crippen LogP contribution in [0.25, 0.3) is 0 Å². The van der Waals surface area contributed by atoms with Gasteiger partial charge >= 0.3 is 0 Å². The van der Waals surface area contributed by atoms with Gasteiger partial charge in [-0.25, -0.2) is 0 Å². The highest BCUT2D eigenvalue weighted by Gasteiger charge is 2.19. The summed E-state index contributed by atoms with van der Waals surface area (Å²) in [5.74, 6) is 0.177. The van der Waals surface area contributed by atoms with E-state index in [1.807, 2.05) is 6.92 Å². The average Bonchev–Trinajstić information content (AvgIpc) is 2.36. The van der Waals surface area contributed by atoms with Gasteiger partial charge in [0.1, 0.15) is 0 Å². The first kappa shape index (κ1) is 17.8. The topological polar surface area (TPSA) is 77.2 Å². The summed E-state index contributed by atoms with van der Waals surface area (Å²) < 4.78 is 1.66. The van der Waals surface area contributed by atoms with Crippen LogP contribution in [-0.2, 0) is 6.54 Å². The van der Waals surface area contributed by atoms with E-state index in [9.17, 15) is 14.9 Å². The van der Waals surface area contributed by atoms with E-state index in [4.69, 9.17) is 0 Å². The van der Waals surface area contributed by atoms with Crippen molar-refractivity contribution in [1.29, 1.82) is 0 Å². The molecule has 0 spiro atoms. The molecule has 0 aliphatic heterocycles. The molecule has 7 heteroatoms. The van der Waals surface area contributed by atoms with Crippen molar-refractivity contribution in [2.75, 3.05) is 6.54 Å². The van der Waals surface area contributed by atoms with Gasteiger partial charge in [0.2, 0.25) is 0 Å². The summed E-state index contributed by atoms with van der Waals surface area (Å²) in [6, 6.07) is 0. The molecule has 1 aromatic heterocycles. The molecule has 21 heavy (non-hydrogen) atoms. The molecule has 1 rings (SSSR count). The van der Waals surface area contributed by atoms with Crippen molar-refractivity contribution in [1.82, 2.24) is 9.88 Å². The second-order valence-electron chi connectivity index (χ2n) is 6.40. The lowest BCUT2D eigenvalue weighted by Gasteiger charge is -2.23. The quantitative estimate of drug-likeness (QED) is 0.647. The first-order chi connectivity index (χ1) is 9.53. The number of pyridine rings is 1. The van der Waals surface area contributed by atoms with E-state index in [1.54, 1.807) is 6.92 Å².